The molecule has 1 saturated carbocycles. The highest BCUT2D eigenvalue weighted by Gasteiger charge is 2.31. The normalized spacial score (nSPS) is 20.1. The van der Waals surface area contributed by atoms with Crippen LogP contribution in [0.3, 0.4) is 0 Å². The Labute approximate surface area is 91.4 Å². The van der Waals surface area contributed by atoms with Crippen LogP contribution in [0.5, 0.6) is 0 Å². The number of nitrogens with one attached hydrogen (secondary N) is 1. The molecule has 0 spiro atoms. The second kappa shape index (κ2) is 5.63. The lowest BCUT2D eigenvalue weighted by molar-refractivity contribution is 0.402. The summed E-state index contributed by atoms with van der Waals surface area (Å²) >= 11 is 1.88. The first-order valence-electron chi connectivity index (χ1n) is 5.38. The van der Waals surface area contributed by atoms with Crippen molar-refractivity contribution < 1.29 is 0 Å². The van der Waals surface area contributed by atoms with Crippen LogP contribution in [-0.4, -0.2) is 23.6 Å². The third kappa shape index (κ3) is 4.34. The van der Waals surface area contributed by atoms with E-state index in [2.05, 4.69) is 17.6 Å². The Balaban J connectivity index is 2.18. The first-order valence-corrected chi connectivity index (χ1v) is 6.77. The van der Waals surface area contributed by atoms with Crippen molar-refractivity contribution in [3.8, 4) is 6.07 Å². The molecule has 0 heterocycles. The van der Waals surface area contributed by atoms with E-state index in [0.29, 0.717) is 6.04 Å². The van der Waals surface area contributed by atoms with Gasteiger partial charge in [-0.15, -0.1) is 0 Å². The van der Waals surface area contributed by atoms with Crippen LogP contribution in [0.1, 0.15) is 39.0 Å². The first-order chi connectivity index (χ1) is 6.70. The fraction of sp³-hybridized carbons (Fsp3) is 0.909. The molecule has 1 atom stereocenters. The van der Waals surface area contributed by atoms with E-state index in [1.807, 2.05) is 18.7 Å². The van der Waals surface area contributed by atoms with Crippen molar-refractivity contribution in [2.45, 2.75) is 50.6 Å². The quantitative estimate of drug-likeness (QED) is 0.659. The fourth-order valence-electron chi connectivity index (χ4n) is 1.56. The van der Waals surface area contributed by atoms with E-state index in [4.69, 9.17) is 5.26 Å². The molecule has 1 N–H and O–H groups in total. The Morgan fingerprint density at radius 3 is 2.71 bits per heavy atom. The van der Waals surface area contributed by atoms with Crippen LogP contribution in [0.25, 0.3) is 0 Å². The second-order valence-corrected chi connectivity index (χ2v) is 5.30. The molecule has 0 aliphatic heterocycles. The second-order valence-electron chi connectivity index (χ2n) is 4.31. The molecule has 1 fully saturated rings. The van der Waals surface area contributed by atoms with Gasteiger partial charge >= 0.3 is 0 Å². The van der Waals surface area contributed by atoms with Gasteiger partial charge in [-0.05, 0) is 51.0 Å². The van der Waals surface area contributed by atoms with E-state index >= 15 is 0 Å². The highest BCUT2D eigenvalue weighted by molar-refractivity contribution is 7.98. The lowest BCUT2D eigenvalue weighted by Gasteiger charge is -2.23. The van der Waals surface area contributed by atoms with Crippen LogP contribution in [-0.2, 0) is 0 Å². The van der Waals surface area contributed by atoms with Crippen molar-refractivity contribution in [1.82, 2.24) is 5.32 Å². The van der Waals surface area contributed by atoms with Gasteiger partial charge in [0.25, 0.3) is 0 Å². The van der Waals surface area contributed by atoms with E-state index in [9.17, 15) is 0 Å². The predicted molar refractivity (Wildman–Crippen MR) is 62.4 cm³/mol. The van der Waals surface area contributed by atoms with Crippen LogP contribution in [0.4, 0.5) is 0 Å². The molecule has 14 heavy (non-hydrogen) atoms. The van der Waals surface area contributed by atoms with Gasteiger partial charge in [-0.2, -0.15) is 17.0 Å². The molecule has 2 nitrogen and oxygen atoms in total. The zero-order valence-electron chi connectivity index (χ0n) is 9.18. The van der Waals surface area contributed by atoms with Crippen LogP contribution >= 0.6 is 11.8 Å². The highest BCUT2D eigenvalue weighted by Crippen LogP contribution is 2.24. The average Bonchev–Trinajstić information content (AvgIpc) is 2.96. The third-order valence-corrected chi connectivity index (χ3v) is 3.32. The lowest BCUT2D eigenvalue weighted by atomic mass is 9.96. The number of hydrogen-bond acceptors (Lipinski definition) is 3. The van der Waals surface area contributed by atoms with Crippen molar-refractivity contribution in [3.63, 3.8) is 0 Å². The molecule has 0 aromatic heterocycles. The van der Waals surface area contributed by atoms with Gasteiger partial charge in [0.05, 0.1) is 6.07 Å². The number of nitrogens with zero attached hydrogens (tertiary/aromatic N) is 1. The van der Waals surface area contributed by atoms with Crippen LogP contribution in [0.2, 0.25) is 0 Å². The summed E-state index contributed by atoms with van der Waals surface area (Å²) in [7, 11) is 0. The smallest absolute Gasteiger partial charge is 0.104 e. The molecule has 0 aromatic rings. The van der Waals surface area contributed by atoms with E-state index in [1.54, 1.807) is 0 Å². The summed E-state index contributed by atoms with van der Waals surface area (Å²) < 4.78 is 0. The summed E-state index contributed by atoms with van der Waals surface area (Å²) in [4.78, 5) is 0. The maximum atomic E-state index is 9.10. The summed E-state index contributed by atoms with van der Waals surface area (Å²) in [5.41, 5.74) is -0.278. The van der Waals surface area contributed by atoms with Gasteiger partial charge in [-0.1, -0.05) is 0 Å². The third-order valence-electron chi connectivity index (χ3n) is 2.62. The fourth-order valence-corrected chi connectivity index (χ4v) is 2.06. The van der Waals surface area contributed by atoms with Gasteiger partial charge in [-0.25, -0.2) is 0 Å². The largest absolute Gasteiger partial charge is 0.297 e. The van der Waals surface area contributed by atoms with Crippen molar-refractivity contribution in [3.05, 3.63) is 0 Å². The average molecular weight is 212 g/mol. The zero-order valence-corrected chi connectivity index (χ0v) is 9.99. The predicted octanol–water partition coefficient (Wildman–Crippen LogP) is 2.55. The minimum absolute atomic E-state index is 0.278. The number of thioether (sulfide) groups is 1. The zero-order chi connectivity index (χ0) is 10.4. The van der Waals surface area contributed by atoms with Gasteiger partial charge in [0, 0.05) is 6.04 Å². The van der Waals surface area contributed by atoms with Gasteiger partial charge < -0.3 is 0 Å². The molecule has 0 radical (unpaired) electrons. The van der Waals surface area contributed by atoms with Crippen molar-refractivity contribution >= 4 is 11.8 Å². The minimum Gasteiger partial charge on any atom is -0.297 e. The van der Waals surface area contributed by atoms with Crippen LogP contribution < -0.4 is 5.32 Å². The molecule has 1 rings (SSSR count). The number of nitriles is 1. The molecular formula is C11H20N2S. The van der Waals surface area contributed by atoms with Crippen LogP contribution in [0.15, 0.2) is 0 Å². The van der Waals surface area contributed by atoms with Crippen molar-refractivity contribution in [2.24, 2.45) is 0 Å². The molecule has 80 valence electrons. The molecule has 0 bridgehead atoms. The molecule has 0 amide bonds. The molecule has 3 heteroatoms. The van der Waals surface area contributed by atoms with Crippen molar-refractivity contribution in [2.75, 3.05) is 12.0 Å². The number of unbranched alkanes of at least 4 members (excludes halogenated alkanes) is 1. The lowest BCUT2D eigenvalue weighted by Crippen LogP contribution is -2.42. The molecule has 1 unspecified atom stereocenters. The molecule has 1 aliphatic carbocycles. The highest BCUT2D eigenvalue weighted by atomic mass is 32.2. The summed E-state index contributed by atoms with van der Waals surface area (Å²) in [5, 5.41) is 12.5. The molecule has 0 saturated heterocycles. The Morgan fingerprint density at radius 1 is 1.50 bits per heavy atom. The SMILES string of the molecule is CSCCCCC(C)(C#N)NC1CC1. The maximum absolute atomic E-state index is 9.10. The number of rotatable bonds is 7. The van der Waals surface area contributed by atoms with Gasteiger partial charge in [0.2, 0.25) is 0 Å². The maximum Gasteiger partial charge on any atom is 0.104 e. The summed E-state index contributed by atoms with van der Waals surface area (Å²) in [6, 6.07) is 3.03. The van der Waals surface area contributed by atoms with Crippen molar-refractivity contribution in [1.29, 1.82) is 5.26 Å². The van der Waals surface area contributed by atoms with E-state index in [1.165, 1.54) is 25.0 Å². The summed E-state index contributed by atoms with van der Waals surface area (Å²) in [5.74, 6) is 1.21. The van der Waals surface area contributed by atoms with Crippen LogP contribution in [0, 0.1) is 11.3 Å². The van der Waals surface area contributed by atoms with E-state index in [0.717, 1.165) is 12.8 Å². The molecular weight excluding hydrogens is 192 g/mol. The van der Waals surface area contributed by atoms with E-state index < -0.39 is 0 Å². The topological polar surface area (TPSA) is 35.8 Å². The Bertz CT molecular complexity index is 208. The molecule has 1 aliphatic rings. The van der Waals surface area contributed by atoms with E-state index in [-0.39, 0.29) is 5.54 Å². The Morgan fingerprint density at radius 2 is 2.21 bits per heavy atom. The van der Waals surface area contributed by atoms with Gasteiger partial charge in [-0.3, -0.25) is 5.32 Å². The molecule has 0 aromatic carbocycles. The Kier molecular flexibility index (Phi) is 4.77. The minimum atomic E-state index is -0.278. The monoisotopic (exact) mass is 212 g/mol. The Hall–Kier alpha value is -0.200. The number of hydrogen-bond donors (Lipinski definition) is 1. The first kappa shape index (κ1) is 11.9. The standard InChI is InChI=1S/C11H20N2S/c1-11(9-12,13-10-5-6-10)7-3-4-8-14-2/h10,13H,3-8H2,1-2H3. The summed E-state index contributed by atoms with van der Waals surface area (Å²) in [6.07, 6.45) is 8.01. The summed E-state index contributed by atoms with van der Waals surface area (Å²) in [6.45, 7) is 2.03. The van der Waals surface area contributed by atoms with Gasteiger partial charge in [0.1, 0.15) is 5.54 Å². The van der Waals surface area contributed by atoms with Gasteiger partial charge in [0.15, 0.2) is 0 Å².